The van der Waals surface area contributed by atoms with Gasteiger partial charge in [0.2, 0.25) is 0 Å². The number of hydrogen-bond acceptors (Lipinski definition) is 2. The third kappa shape index (κ3) is 5.29. The summed E-state index contributed by atoms with van der Waals surface area (Å²) in [5.74, 6) is 0. The van der Waals surface area contributed by atoms with E-state index in [1.165, 1.54) is 11.1 Å². The Kier molecular flexibility index (Phi) is 6.12. The Labute approximate surface area is 99.2 Å². The van der Waals surface area contributed by atoms with Crippen molar-refractivity contribution in [1.82, 2.24) is 5.32 Å². The molecule has 1 aromatic carbocycles. The van der Waals surface area contributed by atoms with Gasteiger partial charge in [0.15, 0.2) is 0 Å². The minimum absolute atomic E-state index is 0.325. The molecule has 1 aromatic rings. The van der Waals surface area contributed by atoms with E-state index in [1.807, 2.05) is 0 Å². The van der Waals surface area contributed by atoms with E-state index in [9.17, 15) is 0 Å². The van der Waals surface area contributed by atoms with E-state index in [4.69, 9.17) is 5.73 Å². The Morgan fingerprint density at radius 2 is 1.81 bits per heavy atom. The molecular weight excluding hydrogens is 196 g/mol. The van der Waals surface area contributed by atoms with Crippen LogP contribution in [0.2, 0.25) is 0 Å². The predicted octanol–water partition coefficient (Wildman–Crippen LogP) is 2.47. The summed E-state index contributed by atoms with van der Waals surface area (Å²) in [6, 6.07) is 9.15. The molecule has 0 heterocycles. The van der Waals surface area contributed by atoms with Crippen molar-refractivity contribution in [2.45, 2.75) is 45.7 Å². The summed E-state index contributed by atoms with van der Waals surface area (Å²) < 4.78 is 0. The number of benzene rings is 1. The summed E-state index contributed by atoms with van der Waals surface area (Å²) in [4.78, 5) is 0. The van der Waals surface area contributed by atoms with Crippen molar-refractivity contribution in [1.29, 1.82) is 0 Å². The standard InChI is InChI=1S/C14H24N2/c1-3-13-6-8-14(9-7-13)11-16-10-4-5-12(2)15/h6-9,12,16H,3-5,10-11,15H2,1-2H3. The van der Waals surface area contributed by atoms with E-state index in [2.05, 4.69) is 43.4 Å². The van der Waals surface area contributed by atoms with Gasteiger partial charge in [-0.05, 0) is 43.9 Å². The average Bonchev–Trinajstić information content (AvgIpc) is 2.29. The van der Waals surface area contributed by atoms with Gasteiger partial charge in [0.05, 0.1) is 0 Å². The van der Waals surface area contributed by atoms with Crippen LogP contribution in [0.3, 0.4) is 0 Å². The van der Waals surface area contributed by atoms with Gasteiger partial charge in [0.25, 0.3) is 0 Å². The molecule has 90 valence electrons. The molecule has 16 heavy (non-hydrogen) atoms. The van der Waals surface area contributed by atoms with Crippen molar-refractivity contribution in [3.63, 3.8) is 0 Å². The van der Waals surface area contributed by atoms with Crippen molar-refractivity contribution in [3.05, 3.63) is 35.4 Å². The molecule has 0 saturated carbocycles. The first-order chi connectivity index (χ1) is 7.72. The smallest absolute Gasteiger partial charge is 0.0205 e. The number of rotatable bonds is 7. The van der Waals surface area contributed by atoms with E-state index in [1.54, 1.807) is 0 Å². The van der Waals surface area contributed by atoms with E-state index < -0.39 is 0 Å². The van der Waals surface area contributed by atoms with Gasteiger partial charge in [-0.25, -0.2) is 0 Å². The molecule has 2 heteroatoms. The fourth-order valence-electron chi connectivity index (χ4n) is 1.67. The molecular formula is C14H24N2. The minimum Gasteiger partial charge on any atom is -0.328 e. The summed E-state index contributed by atoms with van der Waals surface area (Å²) in [5.41, 5.74) is 8.45. The first-order valence-electron chi connectivity index (χ1n) is 6.26. The van der Waals surface area contributed by atoms with Crippen LogP contribution in [0.15, 0.2) is 24.3 Å². The lowest BCUT2D eigenvalue weighted by Crippen LogP contribution is -2.19. The highest BCUT2D eigenvalue weighted by Crippen LogP contribution is 2.04. The number of hydrogen-bond donors (Lipinski definition) is 2. The molecule has 0 radical (unpaired) electrons. The zero-order valence-corrected chi connectivity index (χ0v) is 10.5. The molecule has 0 amide bonds. The molecule has 2 nitrogen and oxygen atoms in total. The molecule has 0 aliphatic carbocycles. The molecule has 1 unspecified atom stereocenters. The fraction of sp³-hybridized carbons (Fsp3) is 0.571. The maximum atomic E-state index is 5.69. The Bertz CT molecular complexity index is 277. The number of aryl methyl sites for hydroxylation is 1. The molecule has 0 fully saturated rings. The van der Waals surface area contributed by atoms with Gasteiger partial charge in [0, 0.05) is 12.6 Å². The third-order valence-corrected chi connectivity index (χ3v) is 2.77. The predicted molar refractivity (Wildman–Crippen MR) is 70.4 cm³/mol. The van der Waals surface area contributed by atoms with Crippen LogP contribution >= 0.6 is 0 Å². The molecule has 0 bridgehead atoms. The second-order valence-corrected chi connectivity index (χ2v) is 4.47. The van der Waals surface area contributed by atoms with E-state index >= 15 is 0 Å². The van der Waals surface area contributed by atoms with E-state index in [0.29, 0.717) is 6.04 Å². The van der Waals surface area contributed by atoms with Gasteiger partial charge in [0.1, 0.15) is 0 Å². The first kappa shape index (κ1) is 13.2. The van der Waals surface area contributed by atoms with Crippen molar-refractivity contribution < 1.29 is 0 Å². The molecule has 3 N–H and O–H groups in total. The second kappa shape index (κ2) is 7.42. The molecule has 0 aliphatic heterocycles. The summed E-state index contributed by atoms with van der Waals surface area (Å²) in [6.07, 6.45) is 3.37. The quantitative estimate of drug-likeness (QED) is 0.693. The molecule has 0 aliphatic rings. The molecule has 0 spiro atoms. The molecule has 0 aromatic heterocycles. The van der Waals surface area contributed by atoms with Crippen LogP contribution in [0.25, 0.3) is 0 Å². The SMILES string of the molecule is CCc1ccc(CNCCCC(C)N)cc1. The van der Waals surface area contributed by atoms with Crippen molar-refractivity contribution in [3.8, 4) is 0 Å². The highest BCUT2D eigenvalue weighted by Gasteiger charge is 1.95. The largest absolute Gasteiger partial charge is 0.328 e. The maximum absolute atomic E-state index is 5.69. The van der Waals surface area contributed by atoms with Crippen LogP contribution in [-0.4, -0.2) is 12.6 Å². The Hall–Kier alpha value is -0.860. The van der Waals surface area contributed by atoms with Gasteiger partial charge in [-0.15, -0.1) is 0 Å². The normalized spacial score (nSPS) is 12.7. The van der Waals surface area contributed by atoms with Crippen LogP contribution in [0.4, 0.5) is 0 Å². The summed E-state index contributed by atoms with van der Waals surface area (Å²) in [7, 11) is 0. The van der Waals surface area contributed by atoms with Crippen molar-refractivity contribution in [2.75, 3.05) is 6.54 Å². The molecule has 0 saturated heterocycles. The fourth-order valence-corrected chi connectivity index (χ4v) is 1.67. The van der Waals surface area contributed by atoms with E-state index in [-0.39, 0.29) is 0 Å². The van der Waals surface area contributed by atoms with Gasteiger partial charge < -0.3 is 11.1 Å². The van der Waals surface area contributed by atoms with Gasteiger partial charge in [-0.3, -0.25) is 0 Å². The zero-order chi connectivity index (χ0) is 11.8. The van der Waals surface area contributed by atoms with E-state index in [0.717, 1.165) is 32.4 Å². The second-order valence-electron chi connectivity index (χ2n) is 4.47. The number of nitrogens with two attached hydrogens (primary N) is 1. The lowest BCUT2D eigenvalue weighted by atomic mass is 10.1. The lowest BCUT2D eigenvalue weighted by Gasteiger charge is -2.07. The highest BCUT2D eigenvalue weighted by molar-refractivity contribution is 5.22. The molecule has 1 atom stereocenters. The van der Waals surface area contributed by atoms with Crippen LogP contribution < -0.4 is 11.1 Å². The maximum Gasteiger partial charge on any atom is 0.0205 e. The summed E-state index contributed by atoms with van der Waals surface area (Å²) >= 11 is 0. The average molecular weight is 220 g/mol. The highest BCUT2D eigenvalue weighted by atomic mass is 14.8. The Morgan fingerprint density at radius 3 is 2.38 bits per heavy atom. The van der Waals surface area contributed by atoms with Crippen molar-refractivity contribution >= 4 is 0 Å². The van der Waals surface area contributed by atoms with Gasteiger partial charge in [-0.2, -0.15) is 0 Å². The van der Waals surface area contributed by atoms with Crippen molar-refractivity contribution in [2.24, 2.45) is 5.73 Å². The van der Waals surface area contributed by atoms with Gasteiger partial charge in [-0.1, -0.05) is 31.2 Å². The van der Waals surface area contributed by atoms with Crippen LogP contribution in [-0.2, 0) is 13.0 Å². The third-order valence-electron chi connectivity index (χ3n) is 2.77. The monoisotopic (exact) mass is 220 g/mol. The Balaban J connectivity index is 2.16. The zero-order valence-electron chi connectivity index (χ0n) is 10.5. The summed E-state index contributed by atoms with van der Waals surface area (Å²) in [6.45, 7) is 6.25. The lowest BCUT2D eigenvalue weighted by molar-refractivity contribution is 0.574. The van der Waals surface area contributed by atoms with Gasteiger partial charge >= 0.3 is 0 Å². The molecule has 1 rings (SSSR count). The van der Waals surface area contributed by atoms with Crippen LogP contribution in [0.5, 0.6) is 0 Å². The number of nitrogens with one attached hydrogen (secondary N) is 1. The van der Waals surface area contributed by atoms with Crippen LogP contribution in [0.1, 0.15) is 37.8 Å². The first-order valence-corrected chi connectivity index (χ1v) is 6.26. The minimum atomic E-state index is 0.325. The topological polar surface area (TPSA) is 38.0 Å². The van der Waals surface area contributed by atoms with Crippen LogP contribution in [0, 0.1) is 0 Å². The Morgan fingerprint density at radius 1 is 1.19 bits per heavy atom. The summed E-state index contributed by atoms with van der Waals surface area (Å²) in [5, 5.41) is 3.44.